The third-order valence-corrected chi connectivity index (χ3v) is 3.12. The van der Waals surface area contributed by atoms with Gasteiger partial charge in [0.2, 0.25) is 5.91 Å². The Morgan fingerprint density at radius 2 is 2.12 bits per heavy atom. The molecule has 1 rings (SSSR count). The van der Waals surface area contributed by atoms with Crippen LogP contribution in [0.4, 0.5) is 0 Å². The first-order valence-corrected chi connectivity index (χ1v) is 7.29. The van der Waals surface area contributed by atoms with E-state index in [1.54, 1.807) is 38.2 Å². The number of hydrogen-bond acceptors (Lipinski definition) is 5. The predicted octanol–water partition coefficient (Wildman–Crippen LogP) is 1.19. The molecular weight excluding hydrogens is 310 g/mol. The fraction of sp³-hybridized carbons (Fsp3) is 0.353. The van der Waals surface area contributed by atoms with Crippen molar-refractivity contribution in [1.82, 2.24) is 4.90 Å². The zero-order chi connectivity index (χ0) is 18.1. The Morgan fingerprint density at radius 3 is 2.71 bits per heavy atom. The minimum Gasteiger partial charge on any atom is -0.493 e. The van der Waals surface area contributed by atoms with Crippen LogP contribution in [0.5, 0.6) is 11.5 Å². The highest BCUT2D eigenvalue weighted by Crippen LogP contribution is 2.28. The third-order valence-electron chi connectivity index (χ3n) is 3.12. The molecule has 0 aliphatic rings. The van der Waals surface area contributed by atoms with Crippen LogP contribution in [-0.2, 0) is 9.59 Å². The second kappa shape index (κ2) is 9.20. The number of hydrogen-bond donors (Lipinski definition) is 1. The fourth-order valence-electron chi connectivity index (χ4n) is 1.89. The van der Waals surface area contributed by atoms with Gasteiger partial charge in [-0.2, -0.15) is 5.26 Å². The van der Waals surface area contributed by atoms with Gasteiger partial charge in [0.1, 0.15) is 0 Å². The summed E-state index contributed by atoms with van der Waals surface area (Å²) in [6.07, 6.45) is 3.05. The Kier molecular flexibility index (Phi) is 7.30. The molecule has 2 N–H and O–H groups in total. The number of nitriles is 1. The van der Waals surface area contributed by atoms with Gasteiger partial charge in [0.05, 0.1) is 19.1 Å². The second-order valence-electron chi connectivity index (χ2n) is 5.25. The normalized spacial score (nSPS) is 11.6. The molecule has 0 fully saturated rings. The molecule has 0 saturated heterocycles. The van der Waals surface area contributed by atoms with Crippen LogP contribution in [0.2, 0.25) is 0 Å². The summed E-state index contributed by atoms with van der Waals surface area (Å²) in [7, 11) is 3.12. The summed E-state index contributed by atoms with van der Waals surface area (Å²) in [5.74, 6) is -0.197. The van der Waals surface area contributed by atoms with Gasteiger partial charge in [-0.05, 0) is 30.7 Å². The first-order valence-electron chi connectivity index (χ1n) is 7.29. The molecule has 0 unspecified atom stereocenters. The minimum atomic E-state index is -0.582. The number of carbonyl (C=O) groups excluding carboxylic acids is 2. The van der Waals surface area contributed by atoms with E-state index in [0.717, 1.165) is 5.56 Å². The summed E-state index contributed by atoms with van der Waals surface area (Å²) >= 11 is 0. The minimum absolute atomic E-state index is 0.204. The lowest BCUT2D eigenvalue weighted by molar-refractivity contribution is -0.125. The van der Waals surface area contributed by atoms with Gasteiger partial charge < -0.3 is 20.1 Å². The molecule has 0 radical (unpaired) electrons. The van der Waals surface area contributed by atoms with Crippen LogP contribution < -0.4 is 15.2 Å². The van der Waals surface area contributed by atoms with Gasteiger partial charge >= 0.3 is 0 Å². The lowest BCUT2D eigenvalue weighted by Gasteiger charge is -2.16. The lowest BCUT2D eigenvalue weighted by atomic mass is 10.1. The molecule has 1 atom stereocenters. The monoisotopic (exact) mass is 331 g/mol. The van der Waals surface area contributed by atoms with Crippen LogP contribution in [0.25, 0.3) is 6.08 Å². The Balaban J connectivity index is 2.79. The Hall–Kier alpha value is -3.01. The maximum Gasteiger partial charge on any atom is 0.255 e. The first-order chi connectivity index (χ1) is 11.4. The van der Waals surface area contributed by atoms with Gasteiger partial charge in [0, 0.05) is 19.7 Å². The molecule has 7 nitrogen and oxygen atoms in total. The molecule has 1 aromatic rings. The van der Waals surface area contributed by atoms with Crippen molar-refractivity contribution in [1.29, 1.82) is 5.26 Å². The summed E-state index contributed by atoms with van der Waals surface area (Å²) in [5.41, 5.74) is 5.77. The number of ether oxygens (including phenoxy) is 2. The van der Waals surface area contributed by atoms with Crippen molar-refractivity contribution in [2.24, 2.45) is 11.7 Å². The molecule has 7 heteroatoms. The highest BCUT2D eigenvalue weighted by molar-refractivity contribution is 5.91. The van der Waals surface area contributed by atoms with E-state index in [1.165, 1.54) is 18.1 Å². The molecule has 24 heavy (non-hydrogen) atoms. The van der Waals surface area contributed by atoms with E-state index >= 15 is 0 Å². The summed E-state index contributed by atoms with van der Waals surface area (Å²) in [6.45, 7) is 1.87. The SMILES string of the molecule is COc1cc(/C=C/C(=O)N(C)C[C@H](C)C#N)ccc1OCC(N)=O. The Morgan fingerprint density at radius 1 is 1.42 bits per heavy atom. The van der Waals surface area contributed by atoms with Crippen molar-refractivity contribution in [2.45, 2.75) is 6.92 Å². The highest BCUT2D eigenvalue weighted by atomic mass is 16.5. The first kappa shape index (κ1) is 19.0. The maximum absolute atomic E-state index is 12.0. The number of methoxy groups -OCH3 is 1. The summed E-state index contributed by atoms with van der Waals surface area (Å²) in [6, 6.07) is 7.12. The van der Waals surface area contributed by atoms with Gasteiger partial charge in [-0.15, -0.1) is 0 Å². The molecule has 0 heterocycles. The molecule has 128 valence electrons. The number of nitrogens with two attached hydrogens (primary N) is 1. The summed E-state index contributed by atoms with van der Waals surface area (Å²) in [4.78, 5) is 24.2. The van der Waals surface area contributed by atoms with Gasteiger partial charge in [-0.3, -0.25) is 9.59 Å². The van der Waals surface area contributed by atoms with Gasteiger partial charge in [-0.25, -0.2) is 0 Å². The second-order valence-corrected chi connectivity index (χ2v) is 5.25. The van der Waals surface area contributed by atoms with E-state index in [-0.39, 0.29) is 18.4 Å². The predicted molar refractivity (Wildman–Crippen MR) is 89.1 cm³/mol. The maximum atomic E-state index is 12.0. The Labute approximate surface area is 141 Å². The smallest absolute Gasteiger partial charge is 0.255 e. The summed E-state index contributed by atoms with van der Waals surface area (Å²) < 4.78 is 10.4. The van der Waals surface area contributed by atoms with Crippen molar-refractivity contribution in [3.05, 3.63) is 29.8 Å². The largest absolute Gasteiger partial charge is 0.493 e. The number of nitrogens with zero attached hydrogens (tertiary/aromatic N) is 2. The van der Waals surface area contributed by atoms with Gasteiger partial charge in [0.15, 0.2) is 18.1 Å². The molecule has 0 aromatic heterocycles. The molecule has 2 amide bonds. The van der Waals surface area contributed by atoms with Crippen LogP contribution in [0, 0.1) is 17.2 Å². The third kappa shape index (κ3) is 6.01. The lowest BCUT2D eigenvalue weighted by Crippen LogP contribution is -2.29. The van der Waals surface area contributed by atoms with E-state index < -0.39 is 5.91 Å². The number of benzene rings is 1. The average molecular weight is 331 g/mol. The number of carbonyl (C=O) groups is 2. The van der Waals surface area contributed by atoms with E-state index in [2.05, 4.69) is 6.07 Å². The van der Waals surface area contributed by atoms with E-state index in [4.69, 9.17) is 20.5 Å². The van der Waals surface area contributed by atoms with E-state index in [9.17, 15) is 9.59 Å². The van der Waals surface area contributed by atoms with Crippen LogP contribution in [0.3, 0.4) is 0 Å². The Bertz CT molecular complexity index is 664. The zero-order valence-electron chi connectivity index (χ0n) is 14.0. The summed E-state index contributed by atoms with van der Waals surface area (Å²) in [5, 5.41) is 8.77. The molecule has 1 aromatic carbocycles. The van der Waals surface area contributed by atoms with Gasteiger partial charge in [0.25, 0.3) is 5.91 Å². The molecule has 0 aliphatic carbocycles. The zero-order valence-corrected chi connectivity index (χ0v) is 14.0. The van der Waals surface area contributed by atoms with E-state index in [1.807, 2.05) is 0 Å². The van der Waals surface area contributed by atoms with Crippen molar-refractivity contribution in [3.8, 4) is 17.6 Å². The standard InChI is InChI=1S/C17H21N3O4/c1-12(9-18)10-20(2)17(22)7-5-13-4-6-14(15(8-13)23-3)24-11-16(19)21/h4-8,12H,10-11H2,1-3H3,(H2,19,21)/b7-5+/t12-/m1/s1. The average Bonchev–Trinajstić information content (AvgIpc) is 2.57. The number of primary amides is 1. The van der Waals surface area contributed by atoms with Crippen LogP contribution in [0.1, 0.15) is 12.5 Å². The van der Waals surface area contributed by atoms with Crippen LogP contribution >= 0.6 is 0 Å². The quantitative estimate of drug-likeness (QED) is 0.720. The molecule has 0 aliphatic heterocycles. The fourth-order valence-corrected chi connectivity index (χ4v) is 1.89. The van der Waals surface area contributed by atoms with Gasteiger partial charge in [-0.1, -0.05) is 6.07 Å². The molecule has 0 saturated carbocycles. The molecular formula is C17H21N3O4. The van der Waals surface area contributed by atoms with Crippen LogP contribution in [-0.4, -0.2) is 44.0 Å². The van der Waals surface area contributed by atoms with Crippen LogP contribution in [0.15, 0.2) is 24.3 Å². The number of rotatable bonds is 8. The molecule has 0 bridgehead atoms. The van der Waals surface area contributed by atoms with Crippen molar-refractivity contribution in [3.63, 3.8) is 0 Å². The topological polar surface area (TPSA) is 106 Å². The number of amides is 2. The van der Waals surface area contributed by atoms with Crippen molar-refractivity contribution >= 4 is 17.9 Å². The van der Waals surface area contributed by atoms with E-state index in [0.29, 0.717) is 18.0 Å². The van der Waals surface area contributed by atoms with Crippen molar-refractivity contribution in [2.75, 3.05) is 27.3 Å². The number of likely N-dealkylation sites (N-methyl/N-ethyl adjacent to an activating group) is 1. The molecule has 0 spiro atoms. The van der Waals surface area contributed by atoms with Crippen molar-refractivity contribution < 1.29 is 19.1 Å². The highest BCUT2D eigenvalue weighted by Gasteiger charge is 2.10.